The molecule has 0 spiro atoms. The van der Waals surface area contributed by atoms with Gasteiger partial charge in [0.2, 0.25) is 0 Å². The number of hydrogen-bond acceptors (Lipinski definition) is 4. The van der Waals surface area contributed by atoms with E-state index in [4.69, 9.17) is 4.52 Å². The lowest BCUT2D eigenvalue weighted by atomic mass is 10.3. The van der Waals surface area contributed by atoms with Crippen molar-refractivity contribution in [2.45, 2.75) is 26.9 Å². The Kier molecular flexibility index (Phi) is 3.78. The van der Waals surface area contributed by atoms with Gasteiger partial charge in [-0.3, -0.25) is 5.32 Å². The molecular formula is C15H17N5O2. The van der Waals surface area contributed by atoms with Crippen molar-refractivity contribution in [2.24, 2.45) is 0 Å². The summed E-state index contributed by atoms with van der Waals surface area (Å²) in [6.45, 7) is 4.95. The summed E-state index contributed by atoms with van der Waals surface area (Å²) in [5, 5.41) is 9.10. The van der Waals surface area contributed by atoms with Crippen LogP contribution in [-0.2, 0) is 13.1 Å². The molecule has 7 heteroatoms. The van der Waals surface area contributed by atoms with E-state index >= 15 is 0 Å². The van der Waals surface area contributed by atoms with Crippen molar-refractivity contribution >= 4 is 22.9 Å². The number of fused-ring (bicyclic) bond motifs is 1. The van der Waals surface area contributed by atoms with Crippen LogP contribution in [0.1, 0.15) is 18.5 Å². The average Bonchev–Trinajstić information content (AvgIpc) is 3.07. The third-order valence-electron chi connectivity index (χ3n) is 3.33. The van der Waals surface area contributed by atoms with E-state index in [0.717, 1.165) is 23.4 Å². The van der Waals surface area contributed by atoms with Crippen molar-refractivity contribution in [3.8, 4) is 0 Å². The van der Waals surface area contributed by atoms with Crippen LogP contribution < -0.4 is 10.6 Å². The third-order valence-corrected chi connectivity index (χ3v) is 3.33. The molecule has 0 saturated heterocycles. The number of carbonyl (C=O) groups is 1. The van der Waals surface area contributed by atoms with Crippen LogP contribution in [0.5, 0.6) is 0 Å². The van der Waals surface area contributed by atoms with E-state index in [1.807, 2.05) is 24.3 Å². The molecule has 0 aliphatic carbocycles. The molecule has 0 aliphatic rings. The van der Waals surface area contributed by atoms with Gasteiger partial charge in [0.15, 0.2) is 5.82 Å². The molecule has 0 atom stereocenters. The fourth-order valence-corrected chi connectivity index (χ4v) is 2.36. The second-order valence-corrected chi connectivity index (χ2v) is 4.89. The van der Waals surface area contributed by atoms with Crippen LogP contribution in [0.3, 0.4) is 0 Å². The van der Waals surface area contributed by atoms with Gasteiger partial charge < -0.3 is 14.4 Å². The third kappa shape index (κ3) is 2.78. The Hall–Kier alpha value is -2.83. The number of nitrogens with one attached hydrogen (secondary N) is 2. The van der Waals surface area contributed by atoms with E-state index in [0.29, 0.717) is 18.1 Å². The summed E-state index contributed by atoms with van der Waals surface area (Å²) in [5.41, 5.74) is 1.99. The van der Waals surface area contributed by atoms with Gasteiger partial charge in [0.05, 0.1) is 17.6 Å². The second kappa shape index (κ2) is 5.88. The number of rotatable bonds is 4. The topological polar surface area (TPSA) is 85.0 Å². The smallest absolute Gasteiger partial charge is 0.320 e. The minimum Gasteiger partial charge on any atom is -0.360 e. The molecule has 0 radical (unpaired) electrons. The van der Waals surface area contributed by atoms with Crippen molar-refractivity contribution in [1.82, 2.24) is 20.0 Å². The molecule has 1 aromatic carbocycles. The first-order valence-corrected chi connectivity index (χ1v) is 7.09. The number of nitrogens with zero attached hydrogens (tertiary/aromatic N) is 3. The molecule has 2 heterocycles. The van der Waals surface area contributed by atoms with Crippen molar-refractivity contribution in [2.75, 3.05) is 5.32 Å². The van der Waals surface area contributed by atoms with Crippen LogP contribution in [-0.4, -0.2) is 20.7 Å². The molecule has 0 saturated carbocycles. The minimum atomic E-state index is -0.344. The molecular weight excluding hydrogens is 282 g/mol. The van der Waals surface area contributed by atoms with Crippen molar-refractivity contribution < 1.29 is 9.32 Å². The van der Waals surface area contributed by atoms with Gasteiger partial charge in [-0.1, -0.05) is 17.3 Å². The van der Waals surface area contributed by atoms with E-state index in [9.17, 15) is 4.79 Å². The Labute approximate surface area is 127 Å². The maximum absolute atomic E-state index is 11.9. The first-order chi connectivity index (χ1) is 10.7. The molecule has 0 bridgehead atoms. The predicted octanol–water partition coefficient (Wildman–Crippen LogP) is 2.67. The highest BCUT2D eigenvalue weighted by atomic mass is 16.5. The van der Waals surface area contributed by atoms with Gasteiger partial charge in [-0.2, -0.15) is 0 Å². The fourth-order valence-electron chi connectivity index (χ4n) is 2.36. The van der Waals surface area contributed by atoms with Gasteiger partial charge in [0.1, 0.15) is 11.6 Å². The zero-order valence-electron chi connectivity index (χ0n) is 12.5. The lowest BCUT2D eigenvalue weighted by Crippen LogP contribution is -2.29. The number of urea groups is 1. The highest BCUT2D eigenvalue weighted by molar-refractivity contribution is 5.88. The lowest BCUT2D eigenvalue weighted by molar-refractivity contribution is 0.251. The Morgan fingerprint density at radius 1 is 1.36 bits per heavy atom. The standard InChI is InChI=1S/C15H17N5O2/c1-3-20-12-7-5-4-6-11(12)17-14(20)9-16-15(21)18-13-8-10(2)22-19-13/h4-8H,3,9H2,1-2H3,(H2,16,18,19,21). The summed E-state index contributed by atoms with van der Waals surface area (Å²) >= 11 is 0. The lowest BCUT2D eigenvalue weighted by Gasteiger charge is -2.07. The molecule has 7 nitrogen and oxygen atoms in total. The Bertz CT molecular complexity index is 805. The quantitative estimate of drug-likeness (QED) is 0.775. The van der Waals surface area contributed by atoms with Crippen LogP contribution >= 0.6 is 0 Å². The Morgan fingerprint density at radius 3 is 2.91 bits per heavy atom. The van der Waals surface area contributed by atoms with E-state index in [2.05, 4.69) is 32.3 Å². The number of aryl methyl sites for hydroxylation is 2. The number of amides is 2. The number of imidazole rings is 1. The highest BCUT2D eigenvalue weighted by Crippen LogP contribution is 2.15. The van der Waals surface area contributed by atoms with Gasteiger partial charge in [-0.05, 0) is 26.0 Å². The van der Waals surface area contributed by atoms with E-state index < -0.39 is 0 Å². The van der Waals surface area contributed by atoms with Crippen LogP contribution in [0, 0.1) is 6.92 Å². The summed E-state index contributed by atoms with van der Waals surface area (Å²) in [7, 11) is 0. The van der Waals surface area contributed by atoms with Gasteiger partial charge in [-0.25, -0.2) is 9.78 Å². The van der Waals surface area contributed by atoms with Crippen molar-refractivity contribution in [1.29, 1.82) is 0 Å². The molecule has 2 N–H and O–H groups in total. The first kappa shape index (κ1) is 14.1. The molecule has 3 aromatic rings. The van der Waals surface area contributed by atoms with Gasteiger partial charge in [0, 0.05) is 12.6 Å². The zero-order chi connectivity index (χ0) is 15.5. The van der Waals surface area contributed by atoms with Crippen LogP contribution in [0.2, 0.25) is 0 Å². The molecule has 22 heavy (non-hydrogen) atoms. The second-order valence-electron chi connectivity index (χ2n) is 4.89. The number of carbonyl (C=O) groups excluding carboxylic acids is 1. The molecule has 2 aromatic heterocycles. The van der Waals surface area contributed by atoms with Crippen LogP contribution in [0.25, 0.3) is 11.0 Å². The predicted molar refractivity (Wildman–Crippen MR) is 82.5 cm³/mol. The van der Waals surface area contributed by atoms with Gasteiger partial charge >= 0.3 is 6.03 Å². The number of benzene rings is 1. The Morgan fingerprint density at radius 2 is 2.18 bits per heavy atom. The minimum absolute atomic E-state index is 0.338. The molecule has 2 amide bonds. The maximum atomic E-state index is 11.9. The van der Waals surface area contributed by atoms with Crippen LogP contribution in [0.15, 0.2) is 34.9 Å². The largest absolute Gasteiger partial charge is 0.360 e. The summed E-state index contributed by atoms with van der Waals surface area (Å²) < 4.78 is 6.97. The van der Waals surface area contributed by atoms with E-state index in [-0.39, 0.29) is 6.03 Å². The van der Waals surface area contributed by atoms with Crippen molar-refractivity contribution in [3.05, 3.63) is 41.9 Å². The highest BCUT2D eigenvalue weighted by Gasteiger charge is 2.11. The monoisotopic (exact) mass is 299 g/mol. The molecule has 0 unspecified atom stereocenters. The summed E-state index contributed by atoms with van der Waals surface area (Å²) in [5.74, 6) is 1.84. The molecule has 0 fully saturated rings. The molecule has 3 rings (SSSR count). The number of aromatic nitrogens is 3. The van der Waals surface area contributed by atoms with E-state index in [1.165, 1.54) is 0 Å². The SMILES string of the molecule is CCn1c(CNC(=O)Nc2cc(C)on2)nc2ccccc21. The summed E-state index contributed by atoms with van der Waals surface area (Å²) in [6.07, 6.45) is 0. The molecule has 114 valence electrons. The molecule has 0 aliphatic heterocycles. The van der Waals surface area contributed by atoms with Crippen LogP contribution in [0.4, 0.5) is 10.6 Å². The van der Waals surface area contributed by atoms with Crippen molar-refractivity contribution in [3.63, 3.8) is 0 Å². The average molecular weight is 299 g/mol. The summed E-state index contributed by atoms with van der Waals surface area (Å²) in [6, 6.07) is 9.22. The first-order valence-electron chi connectivity index (χ1n) is 7.09. The van der Waals surface area contributed by atoms with E-state index in [1.54, 1.807) is 13.0 Å². The normalized spacial score (nSPS) is 10.8. The fraction of sp³-hybridized carbons (Fsp3) is 0.267. The number of para-hydroxylation sites is 2. The zero-order valence-corrected chi connectivity index (χ0v) is 12.5. The maximum Gasteiger partial charge on any atom is 0.320 e. The Balaban J connectivity index is 1.69. The number of anilines is 1. The number of hydrogen-bond donors (Lipinski definition) is 2. The van der Waals surface area contributed by atoms with Gasteiger partial charge in [0.25, 0.3) is 0 Å². The van der Waals surface area contributed by atoms with Gasteiger partial charge in [-0.15, -0.1) is 0 Å². The summed E-state index contributed by atoms with van der Waals surface area (Å²) in [4.78, 5) is 16.4.